The number of alkyl halides is 1. The molecule has 0 aliphatic heterocycles. The van der Waals surface area contributed by atoms with Crippen LogP contribution in [0.25, 0.3) is 0 Å². The van der Waals surface area contributed by atoms with E-state index in [9.17, 15) is 14.0 Å². The Morgan fingerprint density at radius 2 is 1.74 bits per heavy atom. The quantitative estimate of drug-likeness (QED) is 0.778. The Kier molecular flexibility index (Phi) is 5.87. The number of nitrogens with one attached hydrogen (secondary N) is 2. The maximum Gasteiger partial charge on any atom is 0.238 e. The van der Waals surface area contributed by atoms with Crippen molar-refractivity contribution in [3.8, 4) is 0 Å². The Morgan fingerprint density at radius 1 is 1.09 bits per heavy atom. The van der Waals surface area contributed by atoms with Crippen LogP contribution in [-0.4, -0.2) is 16.6 Å². The molecule has 2 amide bonds. The summed E-state index contributed by atoms with van der Waals surface area (Å²) in [5.41, 5.74) is 1.62. The molecular weight excluding hydrogens is 363 g/mol. The van der Waals surface area contributed by atoms with Crippen molar-refractivity contribution in [3.63, 3.8) is 0 Å². The molecule has 1 atom stereocenters. The number of hydrogen-bond acceptors (Lipinski definition) is 2. The number of hydrogen-bond donors (Lipinski definition) is 2. The fourth-order valence-corrected chi connectivity index (χ4v) is 2.51. The largest absolute Gasteiger partial charge is 0.326 e. The van der Waals surface area contributed by atoms with Crippen LogP contribution in [0.15, 0.2) is 48.5 Å². The fraction of sp³-hybridized carbons (Fsp3) is 0.176. The molecule has 2 rings (SSSR count). The summed E-state index contributed by atoms with van der Waals surface area (Å²) in [5.74, 6) is -0.808. The lowest BCUT2D eigenvalue weighted by atomic mass is 10.1. The highest BCUT2D eigenvalue weighted by molar-refractivity contribution is 9.10. The molecule has 0 bridgehead atoms. The van der Waals surface area contributed by atoms with Crippen molar-refractivity contribution in [2.75, 3.05) is 10.6 Å². The molecule has 2 N–H and O–H groups in total. The van der Waals surface area contributed by atoms with Gasteiger partial charge in [0.05, 0.1) is 4.83 Å². The lowest BCUT2D eigenvalue weighted by molar-refractivity contribution is -0.115. The van der Waals surface area contributed by atoms with Crippen LogP contribution in [0, 0.1) is 5.82 Å². The van der Waals surface area contributed by atoms with Crippen molar-refractivity contribution in [2.45, 2.75) is 18.2 Å². The minimum atomic E-state index is -0.566. The van der Waals surface area contributed by atoms with Crippen molar-refractivity contribution in [2.24, 2.45) is 0 Å². The molecule has 2 aromatic rings. The second-order valence-corrected chi connectivity index (χ2v) is 6.12. The number of carbonyl (C=O) groups is 2. The monoisotopic (exact) mass is 378 g/mol. The first-order valence-corrected chi connectivity index (χ1v) is 7.93. The topological polar surface area (TPSA) is 58.2 Å². The van der Waals surface area contributed by atoms with E-state index in [0.29, 0.717) is 16.9 Å². The summed E-state index contributed by atoms with van der Waals surface area (Å²) in [6.07, 6.45) is 0.240. The summed E-state index contributed by atoms with van der Waals surface area (Å²) in [6, 6.07) is 13.2. The number of halogens is 2. The molecule has 1 unspecified atom stereocenters. The number of amides is 2. The number of rotatable bonds is 5. The molecule has 120 valence electrons. The average Bonchev–Trinajstić information content (AvgIpc) is 2.49. The highest BCUT2D eigenvalue weighted by Crippen LogP contribution is 2.18. The molecule has 0 aromatic heterocycles. The van der Waals surface area contributed by atoms with E-state index in [2.05, 4.69) is 26.6 Å². The standard InChI is InChI=1S/C17H16BrFN2O2/c1-11(22)20-13-6-4-7-14(10-13)21-17(23)15(18)9-12-5-2-3-8-16(12)19/h2-8,10,15H,9H2,1H3,(H,20,22)(H,21,23). The Hall–Kier alpha value is -2.21. The minimum absolute atomic E-state index is 0.189. The van der Waals surface area contributed by atoms with Gasteiger partial charge in [-0.15, -0.1) is 0 Å². The lowest BCUT2D eigenvalue weighted by Crippen LogP contribution is -2.25. The Morgan fingerprint density at radius 3 is 2.39 bits per heavy atom. The maximum atomic E-state index is 13.6. The third-order valence-corrected chi connectivity index (χ3v) is 3.83. The summed E-state index contributed by atoms with van der Waals surface area (Å²) < 4.78 is 13.6. The van der Waals surface area contributed by atoms with E-state index in [0.717, 1.165) is 0 Å². The van der Waals surface area contributed by atoms with Gasteiger partial charge in [0.2, 0.25) is 11.8 Å². The van der Waals surface area contributed by atoms with Gasteiger partial charge < -0.3 is 10.6 Å². The molecule has 0 spiro atoms. The number of carbonyl (C=O) groups excluding carboxylic acids is 2. The van der Waals surface area contributed by atoms with Gasteiger partial charge in [0, 0.05) is 18.3 Å². The molecule has 2 aromatic carbocycles. The molecule has 0 aliphatic rings. The highest BCUT2D eigenvalue weighted by Gasteiger charge is 2.17. The molecule has 0 saturated carbocycles. The molecule has 0 heterocycles. The zero-order valence-corrected chi connectivity index (χ0v) is 14.1. The van der Waals surface area contributed by atoms with Crippen molar-refractivity contribution in [1.29, 1.82) is 0 Å². The second-order valence-electron chi connectivity index (χ2n) is 5.01. The summed E-state index contributed by atoms with van der Waals surface area (Å²) in [6.45, 7) is 1.41. The number of anilines is 2. The highest BCUT2D eigenvalue weighted by atomic mass is 79.9. The van der Waals surface area contributed by atoms with Crippen molar-refractivity contribution in [3.05, 3.63) is 59.9 Å². The van der Waals surface area contributed by atoms with Crippen molar-refractivity contribution >= 4 is 39.1 Å². The van der Waals surface area contributed by atoms with Crippen LogP contribution < -0.4 is 10.6 Å². The van der Waals surface area contributed by atoms with Gasteiger partial charge in [-0.1, -0.05) is 40.2 Å². The second kappa shape index (κ2) is 7.87. The normalized spacial score (nSPS) is 11.6. The first kappa shape index (κ1) is 17.1. The Balaban J connectivity index is 2.01. The van der Waals surface area contributed by atoms with E-state index in [1.807, 2.05) is 0 Å². The zero-order chi connectivity index (χ0) is 16.8. The SMILES string of the molecule is CC(=O)Nc1cccc(NC(=O)C(Br)Cc2ccccc2F)c1. The number of benzene rings is 2. The van der Waals surface area contributed by atoms with Crippen LogP contribution in [-0.2, 0) is 16.0 Å². The van der Waals surface area contributed by atoms with Crippen LogP contribution in [0.1, 0.15) is 12.5 Å². The van der Waals surface area contributed by atoms with Crippen LogP contribution in [0.2, 0.25) is 0 Å². The first-order valence-electron chi connectivity index (χ1n) is 7.01. The molecule has 0 fully saturated rings. The van der Waals surface area contributed by atoms with E-state index in [1.165, 1.54) is 13.0 Å². The van der Waals surface area contributed by atoms with Crippen LogP contribution in [0.5, 0.6) is 0 Å². The van der Waals surface area contributed by atoms with Gasteiger partial charge >= 0.3 is 0 Å². The molecule has 0 saturated heterocycles. The minimum Gasteiger partial charge on any atom is -0.326 e. The fourth-order valence-electron chi connectivity index (χ4n) is 2.05. The molecule has 23 heavy (non-hydrogen) atoms. The predicted octanol–water partition coefficient (Wildman–Crippen LogP) is 3.73. The van der Waals surface area contributed by atoms with E-state index in [4.69, 9.17) is 0 Å². The smallest absolute Gasteiger partial charge is 0.238 e. The third-order valence-electron chi connectivity index (χ3n) is 3.09. The van der Waals surface area contributed by atoms with E-state index in [1.54, 1.807) is 42.5 Å². The zero-order valence-electron chi connectivity index (χ0n) is 12.5. The Bertz CT molecular complexity index is 721. The third kappa shape index (κ3) is 5.17. The van der Waals surface area contributed by atoms with Gasteiger partial charge in [-0.2, -0.15) is 0 Å². The average molecular weight is 379 g/mol. The maximum absolute atomic E-state index is 13.6. The van der Waals surface area contributed by atoms with Gasteiger partial charge in [-0.25, -0.2) is 4.39 Å². The summed E-state index contributed by atoms with van der Waals surface area (Å²) in [5, 5.41) is 5.38. The van der Waals surface area contributed by atoms with Gasteiger partial charge in [-0.3, -0.25) is 9.59 Å². The van der Waals surface area contributed by atoms with Gasteiger partial charge in [-0.05, 0) is 36.2 Å². The van der Waals surface area contributed by atoms with Gasteiger partial charge in [0.25, 0.3) is 0 Å². The van der Waals surface area contributed by atoms with Crippen LogP contribution in [0.4, 0.5) is 15.8 Å². The van der Waals surface area contributed by atoms with Crippen molar-refractivity contribution in [1.82, 2.24) is 0 Å². The van der Waals surface area contributed by atoms with Gasteiger partial charge in [0.15, 0.2) is 0 Å². The first-order chi connectivity index (χ1) is 11.0. The van der Waals surface area contributed by atoms with Gasteiger partial charge in [0.1, 0.15) is 5.82 Å². The van der Waals surface area contributed by atoms with E-state index < -0.39 is 4.83 Å². The summed E-state index contributed by atoms with van der Waals surface area (Å²) in [4.78, 5) is 22.7. The van der Waals surface area contributed by atoms with Crippen molar-refractivity contribution < 1.29 is 14.0 Å². The van der Waals surface area contributed by atoms with E-state index >= 15 is 0 Å². The summed E-state index contributed by atoms with van der Waals surface area (Å²) >= 11 is 3.28. The molecule has 4 nitrogen and oxygen atoms in total. The van der Waals surface area contributed by atoms with Crippen LogP contribution in [0.3, 0.4) is 0 Å². The predicted molar refractivity (Wildman–Crippen MR) is 92.2 cm³/mol. The summed E-state index contributed by atoms with van der Waals surface area (Å²) in [7, 11) is 0. The Labute approximate surface area is 142 Å². The molecule has 0 radical (unpaired) electrons. The molecular formula is C17H16BrFN2O2. The van der Waals surface area contributed by atoms with E-state index in [-0.39, 0.29) is 24.1 Å². The molecule has 6 heteroatoms. The lowest BCUT2D eigenvalue weighted by Gasteiger charge is -2.12. The van der Waals surface area contributed by atoms with Crippen LogP contribution >= 0.6 is 15.9 Å². The molecule has 0 aliphatic carbocycles.